The number of rotatable bonds is 1. The van der Waals surface area contributed by atoms with E-state index < -0.39 is 7.04 Å². The first kappa shape index (κ1) is 2.49. The molecule has 0 aliphatic heterocycles. The second-order valence-corrected chi connectivity index (χ2v) is 1.28. The van der Waals surface area contributed by atoms with Gasteiger partial charge in [-0.2, -0.15) is 0 Å². The van der Waals surface area contributed by atoms with Gasteiger partial charge < -0.3 is 4.74 Å². The van der Waals surface area contributed by atoms with Crippen molar-refractivity contribution in [3.05, 3.63) is 24.5 Å². The van der Waals surface area contributed by atoms with Crippen molar-refractivity contribution >= 4 is 0 Å². The first-order valence-corrected chi connectivity index (χ1v) is 2.17. The first-order chi connectivity index (χ1) is 5.08. The molecule has 0 unspecified atom stereocenters. The van der Waals surface area contributed by atoms with Crippen LogP contribution in [-0.4, -0.2) is 12.0 Å². The van der Waals surface area contributed by atoms with Gasteiger partial charge in [-0.1, -0.05) is 0 Å². The molecular formula is C6H7NO. The molecule has 0 spiro atoms. The van der Waals surface area contributed by atoms with Gasteiger partial charge >= 0.3 is 0 Å². The second-order valence-electron chi connectivity index (χ2n) is 1.28. The van der Waals surface area contributed by atoms with Crippen LogP contribution in [0.3, 0.4) is 0 Å². The molecule has 0 aromatic carbocycles. The molecule has 1 heterocycles. The number of ether oxygens (including phenoxy) is 1. The zero-order valence-electron chi connectivity index (χ0n) is 7.16. The van der Waals surface area contributed by atoms with Gasteiger partial charge in [0, 0.05) is 12.4 Å². The van der Waals surface area contributed by atoms with Gasteiger partial charge in [0.25, 0.3) is 0 Å². The van der Waals surface area contributed by atoms with Crippen LogP contribution in [0.1, 0.15) is 4.11 Å². The summed E-state index contributed by atoms with van der Waals surface area (Å²) < 4.78 is 24.8. The molecular weight excluding hydrogens is 102 g/mol. The van der Waals surface area contributed by atoms with Crippen LogP contribution in [0.2, 0.25) is 0 Å². The molecule has 0 aliphatic rings. The lowest BCUT2D eigenvalue weighted by atomic mass is 10.5. The summed E-state index contributed by atoms with van der Waals surface area (Å²) in [6.07, 6.45) is 2.95. The molecule has 0 bridgehead atoms. The van der Waals surface area contributed by atoms with Crippen LogP contribution in [-0.2, 0) is 0 Å². The Morgan fingerprint density at radius 1 is 1.62 bits per heavy atom. The first-order valence-electron chi connectivity index (χ1n) is 3.67. The standard InChI is InChI=1S/C6H7NO/c1-8-6-2-4-7-5-3-6/h2-5H,1H3/i1D3. The molecule has 42 valence electrons. The second kappa shape index (κ2) is 2.31. The Bertz CT molecular complexity index is 221. The zero-order valence-corrected chi connectivity index (χ0v) is 4.16. The van der Waals surface area contributed by atoms with Gasteiger partial charge in [-0.05, 0) is 12.1 Å². The number of aromatic nitrogens is 1. The Morgan fingerprint density at radius 3 is 3.00 bits per heavy atom. The lowest BCUT2D eigenvalue weighted by molar-refractivity contribution is 0.414. The topological polar surface area (TPSA) is 22.1 Å². The molecule has 0 saturated carbocycles. The molecule has 8 heavy (non-hydrogen) atoms. The van der Waals surface area contributed by atoms with E-state index in [4.69, 9.17) is 4.11 Å². The average molecular weight is 112 g/mol. The van der Waals surface area contributed by atoms with Gasteiger partial charge in [-0.15, -0.1) is 0 Å². The fraction of sp³-hybridized carbons (Fsp3) is 0.167. The number of hydrogen-bond acceptors (Lipinski definition) is 2. The Hall–Kier alpha value is -1.05. The van der Waals surface area contributed by atoms with Gasteiger partial charge in [0.2, 0.25) is 0 Å². The van der Waals surface area contributed by atoms with E-state index in [1.807, 2.05) is 0 Å². The minimum absolute atomic E-state index is 0.306. The third kappa shape index (κ3) is 0.964. The van der Waals surface area contributed by atoms with Gasteiger partial charge in [-0.3, -0.25) is 4.98 Å². The maximum Gasteiger partial charge on any atom is 0.121 e. The van der Waals surface area contributed by atoms with Crippen LogP contribution in [0, 0.1) is 0 Å². The third-order valence-electron chi connectivity index (χ3n) is 0.768. The van der Waals surface area contributed by atoms with E-state index in [-0.39, 0.29) is 0 Å². The summed E-state index contributed by atoms with van der Waals surface area (Å²) in [6, 6.07) is 2.98. The molecule has 0 aliphatic carbocycles. The number of hydrogen-bond donors (Lipinski definition) is 0. The van der Waals surface area contributed by atoms with Crippen LogP contribution < -0.4 is 4.74 Å². The lowest BCUT2D eigenvalue weighted by Crippen LogP contribution is -1.80. The zero-order chi connectivity index (χ0) is 8.32. The number of pyridine rings is 1. The van der Waals surface area contributed by atoms with Crippen molar-refractivity contribution in [2.45, 2.75) is 0 Å². The third-order valence-corrected chi connectivity index (χ3v) is 0.768. The summed E-state index contributed by atoms with van der Waals surface area (Å²) in [5, 5.41) is 0. The largest absolute Gasteiger partial charge is 0.497 e. The van der Waals surface area contributed by atoms with Gasteiger partial charge in [0.1, 0.15) is 5.75 Å². The highest BCUT2D eigenvalue weighted by Gasteiger charge is 1.81. The maximum atomic E-state index is 6.76. The highest BCUT2D eigenvalue weighted by Crippen LogP contribution is 2.03. The SMILES string of the molecule is [2H]C([2H])([2H])Oc1ccncc1. The fourth-order valence-electron chi connectivity index (χ4n) is 0.406. The van der Waals surface area contributed by atoms with Crippen LogP contribution in [0.4, 0.5) is 0 Å². The van der Waals surface area contributed by atoms with Crippen LogP contribution >= 0.6 is 0 Å². The predicted molar refractivity (Wildman–Crippen MR) is 30.8 cm³/mol. The maximum absolute atomic E-state index is 6.76. The normalized spacial score (nSPS) is 15.8. The Labute approximate surface area is 52.3 Å². The van der Waals surface area contributed by atoms with Crippen molar-refractivity contribution in [2.75, 3.05) is 7.04 Å². The number of methoxy groups -OCH3 is 1. The van der Waals surface area contributed by atoms with Crippen molar-refractivity contribution in [1.82, 2.24) is 4.98 Å². The molecule has 2 nitrogen and oxygen atoms in total. The molecule has 0 saturated heterocycles. The summed E-state index contributed by atoms with van der Waals surface area (Å²) in [5.74, 6) is 0.306. The fourth-order valence-corrected chi connectivity index (χ4v) is 0.406. The molecule has 1 aromatic rings. The monoisotopic (exact) mass is 112 g/mol. The summed E-state index contributed by atoms with van der Waals surface area (Å²) in [6.45, 7) is 0. The summed E-state index contributed by atoms with van der Waals surface area (Å²) in [5.41, 5.74) is 0. The molecule has 1 rings (SSSR count). The Morgan fingerprint density at radius 2 is 2.38 bits per heavy atom. The minimum Gasteiger partial charge on any atom is -0.497 e. The van der Waals surface area contributed by atoms with E-state index in [0.717, 1.165) is 0 Å². The summed E-state index contributed by atoms with van der Waals surface area (Å²) in [7, 11) is -2.37. The van der Waals surface area contributed by atoms with E-state index in [0.29, 0.717) is 5.75 Å². The van der Waals surface area contributed by atoms with E-state index in [1.165, 1.54) is 24.5 Å². The highest BCUT2D eigenvalue weighted by molar-refractivity contribution is 5.16. The van der Waals surface area contributed by atoms with Crippen molar-refractivity contribution in [3.8, 4) is 5.75 Å². The Balaban J connectivity index is 2.66. The van der Waals surface area contributed by atoms with Crippen molar-refractivity contribution in [1.29, 1.82) is 0 Å². The molecule has 0 N–H and O–H groups in total. The minimum atomic E-state index is -2.37. The van der Waals surface area contributed by atoms with Crippen molar-refractivity contribution in [2.24, 2.45) is 0 Å². The Kier molecular flexibility index (Phi) is 0.717. The van der Waals surface area contributed by atoms with Gasteiger partial charge in [-0.25, -0.2) is 0 Å². The highest BCUT2D eigenvalue weighted by atomic mass is 16.5. The van der Waals surface area contributed by atoms with Crippen LogP contribution in [0.25, 0.3) is 0 Å². The molecule has 2 heteroatoms. The van der Waals surface area contributed by atoms with Gasteiger partial charge in [0.05, 0.1) is 11.2 Å². The van der Waals surface area contributed by atoms with Crippen LogP contribution in [0.15, 0.2) is 24.5 Å². The summed E-state index contributed by atoms with van der Waals surface area (Å²) in [4.78, 5) is 3.71. The quantitative estimate of drug-likeness (QED) is 0.542. The smallest absolute Gasteiger partial charge is 0.121 e. The predicted octanol–water partition coefficient (Wildman–Crippen LogP) is 1.09. The number of nitrogens with zero attached hydrogens (tertiary/aromatic N) is 1. The summed E-state index contributed by atoms with van der Waals surface area (Å²) >= 11 is 0. The molecule has 0 fully saturated rings. The van der Waals surface area contributed by atoms with E-state index in [2.05, 4.69) is 9.72 Å². The average Bonchev–Trinajstić information content (AvgIpc) is 1.85. The van der Waals surface area contributed by atoms with Gasteiger partial charge in [0.15, 0.2) is 0 Å². The van der Waals surface area contributed by atoms with Crippen molar-refractivity contribution < 1.29 is 8.85 Å². The van der Waals surface area contributed by atoms with E-state index in [1.54, 1.807) is 0 Å². The van der Waals surface area contributed by atoms with E-state index >= 15 is 0 Å². The molecule has 0 atom stereocenters. The van der Waals surface area contributed by atoms with E-state index in [9.17, 15) is 0 Å². The molecule has 0 amide bonds. The molecule has 1 aromatic heterocycles. The lowest BCUT2D eigenvalue weighted by Gasteiger charge is -1.93. The van der Waals surface area contributed by atoms with Crippen LogP contribution in [0.5, 0.6) is 5.75 Å². The molecule has 0 radical (unpaired) electrons. The van der Waals surface area contributed by atoms with Crippen molar-refractivity contribution in [3.63, 3.8) is 0 Å².